The van der Waals surface area contributed by atoms with Gasteiger partial charge in [0.2, 0.25) is 0 Å². The largest absolute Gasteiger partial charge is 0.306 e. The standard InChI is InChI=1S/C20H23N7O2S/c1-20(2,3)12-4-5-14-15(8-12)30-19-17(14)18-23-16(24-26(18)11-21-19)6-7-25-10-13(9-22-25)27(28)29/h9-12H,4-8H2,1-3H3/t12-/m1/s1. The minimum Gasteiger partial charge on any atom is -0.265 e. The van der Waals surface area contributed by atoms with Gasteiger partial charge < -0.3 is 0 Å². The van der Waals surface area contributed by atoms with Crippen molar-refractivity contribution in [1.82, 2.24) is 29.4 Å². The van der Waals surface area contributed by atoms with E-state index in [1.54, 1.807) is 26.9 Å². The summed E-state index contributed by atoms with van der Waals surface area (Å²) in [6.07, 6.45) is 8.30. The number of rotatable bonds is 4. The molecule has 4 aromatic heterocycles. The molecule has 0 radical (unpaired) electrons. The number of aryl methyl sites for hydroxylation is 3. The van der Waals surface area contributed by atoms with Gasteiger partial charge in [0.05, 0.1) is 10.3 Å². The Labute approximate surface area is 176 Å². The zero-order valence-corrected chi connectivity index (χ0v) is 18.0. The van der Waals surface area contributed by atoms with E-state index < -0.39 is 4.92 Å². The predicted molar refractivity (Wildman–Crippen MR) is 114 cm³/mol. The molecule has 0 amide bonds. The molecule has 1 aliphatic carbocycles. The summed E-state index contributed by atoms with van der Waals surface area (Å²) in [5.74, 6) is 1.37. The van der Waals surface area contributed by atoms with Crippen molar-refractivity contribution in [3.63, 3.8) is 0 Å². The summed E-state index contributed by atoms with van der Waals surface area (Å²) in [6, 6.07) is 0. The Morgan fingerprint density at radius 2 is 2.20 bits per heavy atom. The summed E-state index contributed by atoms with van der Waals surface area (Å²) in [5.41, 5.74) is 2.53. The highest BCUT2D eigenvalue weighted by atomic mass is 32.1. The van der Waals surface area contributed by atoms with Crippen LogP contribution in [-0.2, 0) is 25.8 Å². The van der Waals surface area contributed by atoms with Crippen LogP contribution in [0.3, 0.4) is 0 Å². The van der Waals surface area contributed by atoms with Gasteiger partial charge in [0.25, 0.3) is 0 Å². The van der Waals surface area contributed by atoms with Gasteiger partial charge in [-0.2, -0.15) is 5.10 Å². The first kappa shape index (κ1) is 19.1. The van der Waals surface area contributed by atoms with E-state index in [9.17, 15) is 10.1 Å². The van der Waals surface area contributed by atoms with Crippen LogP contribution in [0.5, 0.6) is 0 Å². The first-order valence-corrected chi connectivity index (χ1v) is 10.9. The highest BCUT2D eigenvalue weighted by Gasteiger charge is 2.31. The third-order valence-electron chi connectivity index (χ3n) is 6.05. The van der Waals surface area contributed by atoms with E-state index in [4.69, 9.17) is 4.98 Å². The van der Waals surface area contributed by atoms with Crippen molar-refractivity contribution in [3.05, 3.63) is 45.1 Å². The van der Waals surface area contributed by atoms with E-state index in [1.165, 1.54) is 29.3 Å². The number of aromatic nitrogens is 6. The Hall–Kier alpha value is -2.88. The van der Waals surface area contributed by atoms with Crippen molar-refractivity contribution in [1.29, 1.82) is 0 Å². The average molecular weight is 426 g/mol. The summed E-state index contributed by atoms with van der Waals surface area (Å²) in [4.78, 5) is 22.3. The van der Waals surface area contributed by atoms with Gasteiger partial charge in [-0.3, -0.25) is 14.8 Å². The molecule has 0 fully saturated rings. The van der Waals surface area contributed by atoms with Crippen LogP contribution in [0, 0.1) is 21.4 Å². The lowest BCUT2D eigenvalue weighted by molar-refractivity contribution is -0.385. The van der Waals surface area contributed by atoms with Gasteiger partial charge >= 0.3 is 5.69 Å². The van der Waals surface area contributed by atoms with Crippen LogP contribution in [0.4, 0.5) is 5.69 Å². The number of nitro groups is 1. The SMILES string of the molecule is CC(C)(C)[C@@H]1CCc2c(sc3ncn4nc(CCn5cc([N+](=O)[O-])cn5)nc4c23)C1. The predicted octanol–water partition coefficient (Wildman–Crippen LogP) is 3.84. The van der Waals surface area contributed by atoms with E-state index in [-0.39, 0.29) is 5.69 Å². The fraction of sp³-hybridized carbons (Fsp3) is 0.500. The summed E-state index contributed by atoms with van der Waals surface area (Å²) in [5, 5.41) is 20.6. The summed E-state index contributed by atoms with van der Waals surface area (Å²) < 4.78 is 3.31. The highest BCUT2D eigenvalue weighted by Crippen LogP contribution is 2.43. The normalized spacial score (nSPS) is 17.0. The van der Waals surface area contributed by atoms with Gasteiger partial charge in [0.1, 0.15) is 23.6 Å². The molecule has 0 aromatic carbocycles. The second kappa shape index (κ2) is 6.83. The molecule has 0 N–H and O–H groups in total. The Morgan fingerprint density at radius 1 is 1.37 bits per heavy atom. The molecule has 0 unspecified atom stereocenters. The second-order valence-corrected chi connectivity index (χ2v) is 10.1. The number of hydrogen-bond acceptors (Lipinski definition) is 7. The summed E-state index contributed by atoms with van der Waals surface area (Å²) in [6.45, 7) is 7.46. The molecule has 4 heterocycles. The lowest BCUT2D eigenvalue weighted by Gasteiger charge is -2.33. The zero-order valence-electron chi connectivity index (χ0n) is 17.2. The van der Waals surface area contributed by atoms with Gasteiger partial charge in [-0.15, -0.1) is 16.4 Å². The minimum atomic E-state index is -0.445. The Morgan fingerprint density at radius 3 is 2.93 bits per heavy atom. The first-order valence-electron chi connectivity index (χ1n) is 10.1. The number of fused-ring (bicyclic) bond motifs is 5. The van der Waals surface area contributed by atoms with Crippen LogP contribution in [0.1, 0.15) is 43.5 Å². The van der Waals surface area contributed by atoms with Crippen molar-refractivity contribution in [2.75, 3.05) is 0 Å². The molecule has 10 heteroatoms. The fourth-order valence-electron chi connectivity index (χ4n) is 4.25. The quantitative estimate of drug-likeness (QED) is 0.363. The third kappa shape index (κ3) is 3.24. The van der Waals surface area contributed by atoms with Crippen molar-refractivity contribution in [3.8, 4) is 0 Å². The van der Waals surface area contributed by atoms with E-state index in [2.05, 4.69) is 36.0 Å². The molecule has 1 atom stereocenters. The fourth-order valence-corrected chi connectivity index (χ4v) is 5.51. The smallest absolute Gasteiger partial charge is 0.265 e. The van der Waals surface area contributed by atoms with Crippen LogP contribution in [-0.4, -0.2) is 34.3 Å². The number of nitrogens with zero attached hydrogens (tertiary/aromatic N) is 7. The van der Waals surface area contributed by atoms with Crippen molar-refractivity contribution < 1.29 is 4.92 Å². The molecule has 0 bridgehead atoms. The molecular weight excluding hydrogens is 402 g/mol. The highest BCUT2D eigenvalue weighted by molar-refractivity contribution is 7.19. The van der Waals surface area contributed by atoms with Gasteiger partial charge in [-0.05, 0) is 36.2 Å². The van der Waals surface area contributed by atoms with Crippen LogP contribution < -0.4 is 0 Å². The van der Waals surface area contributed by atoms with E-state index >= 15 is 0 Å². The maximum atomic E-state index is 10.8. The minimum absolute atomic E-state index is 0.0117. The van der Waals surface area contributed by atoms with Crippen molar-refractivity contribution in [2.45, 2.75) is 53.0 Å². The lowest BCUT2D eigenvalue weighted by atomic mass is 9.72. The molecule has 156 valence electrons. The summed E-state index contributed by atoms with van der Waals surface area (Å²) in [7, 11) is 0. The maximum Gasteiger partial charge on any atom is 0.306 e. The first-order chi connectivity index (χ1) is 14.3. The zero-order chi connectivity index (χ0) is 21.0. The van der Waals surface area contributed by atoms with Crippen LogP contribution in [0.2, 0.25) is 0 Å². The number of hydrogen-bond donors (Lipinski definition) is 0. The third-order valence-corrected chi connectivity index (χ3v) is 7.21. The average Bonchev–Trinajstić information content (AvgIpc) is 3.40. The molecule has 4 aromatic rings. The van der Waals surface area contributed by atoms with Crippen LogP contribution in [0.25, 0.3) is 15.9 Å². The van der Waals surface area contributed by atoms with E-state index in [1.807, 2.05) is 0 Å². The topological polar surface area (TPSA) is 104 Å². The van der Waals surface area contributed by atoms with Crippen LogP contribution >= 0.6 is 11.3 Å². The Bertz CT molecular complexity index is 1260. The van der Waals surface area contributed by atoms with Crippen molar-refractivity contribution >= 4 is 32.9 Å². The molecule has 0 spiro atoms. The molecule has 0 aliphatic heterocycles. The lowest BCUT2D eigenvalue weighted by Crippen LogP contribution is -2.26. The van der Waals surface area contributed by atoms with Gasteiger partial charge in [-0.25, -0.2) is 14.5 Å². The van der Waals surface area contributed by atoms with Gasteiger partial charge in [0, 0.05) is 17.8 Å². The Kier molecular flexibility index (Phi) is 4.35. The van der Waals surface area contributed by atoms with Crippen LogP contribution in [0.15, 0.2) is 18.7 Å². The van der Waals surface area contributed by atoms with Gasteiger partial charge in [-0.1, -0.05) is 20.8 Å². The monoisotopic (exact) mass is 425 g/mol. The van der Waals surface area contributed by atoms with Crippen molar-refractivity contribution in [2.24, 2.45) is 11.3 Å². The maximum absolute atomic E-state index is 10.8. The van der Waals surface area contributed by atoms with E-state index in [0.29, 0.717) is 30.1 Å². The molecular formula is C20H23N7O2S. The summed E-state index contributed by atoms with van der Waals surface area (Å²) >= 11 is 1.79. The molecule has 0 saturated carbocycles. The van der Waals surface area contributed by atoms with Gasteiger partial charge in [0.15, 0.2) is 11.5 Å². The number of thiophene rings is 1. The molecule has 5 rings (SSSR count). The molecule has 1 aliphatic rings. The Balaban J connectivity index is 1.45. The van der Waals surface area contributed by atoms with E-state index in [0.717, 1.165) is 28.7 Å². The molecule has 30 heavy (non-hydrogen) atoms. The molecule has 9 nitrogen and oxygen atoms in total. The second-order valence-electron chi connectivity index (χ2n) is 9.00. The molecule has 0 saturated heterocycles.